The zero-order valence-electron chi connectivity index (χ0n) is 12.9. The molecule has 0 aromatic heterocycles. The number of anilines is 1. The van der Waals surface area contributed by atoms with E-state index in [9.17, 15) is 9.59 Å². The van der Waals surface area contributed by atoms with Gasteiger partial charge < -0.3 is 26.3 Å². The molecule has 1 aliphatic rings. The third kappa shape index (κ3) is 3.68. The Morgan fingerprint density at radius 3 is 2.61 bits per heavy atom. The molecule has 1 saturated heterocycles. The zero-order chi connectivity index (χ0) is 17.0. The van der Waals surface area contributed by atoms with Crippen molar-refractivity contribution in [2.45, 2.75) is 12.8 Å². The van der Waals surface area contributed by atoms with Crippen molar-refractivity contribution in [3.8, 4) is 5.75 Å². The molecule has 0 spiro atoms. The number of rotatable bonds is 5. The molecule has 1 heterocycles. The highest BCUT2D eigenvalue weighted by atomic mass is 35.5. The van der Waals surface area contributed by atoms with E-state index in [0.717, 1.165) is 0 Å². The van der Waals surface area contributed by atoms with E-state index in [1.807, 2.05) is 0 Å². The first kappa shape index (κ1) is 17.4. The first-order chi connectivity index (χ1) is 10.9. The van der Waals surface area contributed by atoms with Gasteiger partial charge in [-0.15, -0.1) is 0 Å². The smallest absolute Gasteiger partial charge is 0.255 e. The lowest BCUT2D eigenvalue weighted by Crippen LogP contribution is -2.49. The number of ether oxygens (including phenoxy) is 2. The molecule has 1 fully saturated rings. The Bertz CT molecular complexity index is 615. The number of benzene rings is 1. The standard InChI is InChI=1S/C15H20ClN3O4/c1-22-12-7-11(17)10(16)6-9(12)13(20)19-8-15(14(18)21)2-4-23-5-3-15/h6-7H,2-5,8,17H2,1H3,(H2,18,21)(H,19,20). The molecule has 1 aromatic carbocycles. The molecule has 2 rings (SSSR count). The van der Waals surface area contributed by atoms with Gasteiger partial charge in [0.1, 0.15) is 5.75 Å². The number of hydrogen-bond donors (Lipinski definition) is 3. The molecule has 0 aliphatic carbocycles. The number of primary amides is 1. The lowest BCUT2D eigenvalue weighted by molar-refractivity contribution is -0.132. The van der Waals surface area contributed by atoms with E-state index in [4.69, 9.17) is 32.5 Å². The van der Waals surface area contributed by atoms with Crippen LogP contribution in [0.15, 0.2) is 12.1 Å². The largest absolute Gasteiger partial charge is 0.496 e. The van der Waals surface area contributed by atoms with Crippen molar-refractivity contribution in [1.82, 2.24) is 5.32 Å². The third-order valence-corrected chi connectivity index (χ3v) is 4.45. The Kier molecular flexibility index (Phi) is 5.33. The summed E-state index contributed by atoms with van der Waals surface area (Å²) in [4.78, 5) is 24.2. The highest BCUT2D eigenvalue weighted by molar-refractivity contribution is 6.33. The monoisotopic (exact) mass is 341 g/mol. The number of nitrogens with one attached hydrogen (secondary N) is 1. The van der Waals surface area contributed by atoms with Crippen LogP contribution in [0.5, 0.6) is 5.75 Å². The van der Waals surface area contributed by atoms with Gasteiger partial charge in [-0.2, -0.15) is 0 Å². The third-order valence-electron chi connectivity index (χ3n) is 4.12. The number of carbonyl (C=O) groups is 2. The molecule has 7 nitrogen and oxygen atoms in total. The molecule has 0 unspecified atom stereocenters. The van der Waals surface area contributed by atoms with Gasteiger partial charge in [0.05, 0.1) is 28.8 Å². The molecule has 0 saturated carbocycles. The molecule has 23 heavy (non-hydrogen) atoms. The summed E-state index contributed by atoms with van der Waals surface area (Å²) in [5.74, 6) is -0.538. The maximum atomic E-state index is 12.4. The highest BCUT2D eigenvalue weighted by Gasteiger charge is 2.38. The van der Waals surface area contributed by atoms with Crippen LogP contribution in [0, 0.1) is 5.41 Å². The van der Waals surface area contributed by atoms with Gasteiger partial charge in [-0.25, -0.2) is 0 Å². The number of carbonyl (C=O) groups excluding carboxylic acids is 2. The predicted molar refractivity (Wildman–Crippen MR) is 86.4 cm³/mol. The number of nitrogens with two attached hydrogens (primary N) is 2. The molecule has 1 aromatic rings. The minimum Gasteiger partial charge on any atom is -0.496 e. The van der Waals surface area contributed by atoms with Crippen molar-refractivity contribution in [3.63, 3.8) is 0 Å². The minimum atomic E-state index is -0.793. The van der Waals surface area contributed by atoms with E-state index in [1.54, 1.807) is 0 Å². The van der Waals surface area contributed by atoms with Crippen LogP contribution in [0.25, 0.3) is 0 Å². The Labute approximate surface area is 139 Å². The zero-order valence-corrected chi connectivity index (χ0v) is 13.6. The van der Waals surface area contributed by atoms with Crippen LogP contribution in [0.2, 0.25) is 5.02 Å². The summed E-state index contributed by atoms with van der Waals surface area (Å²) in [6, 6.07) is 2.92. The Morgan fingerprint density at radius 2 is 2.04 bits per heavy atom. The van der Waals surface area contributed by atoms with Crippen molar-refractivity contribution in [2.75, 3.05) is 32.6 Å². The molecule has 0 bridgehead atoms. The van der Waals surface area contributed by atoms with E-state index in [2.05, 4.69) is 5.32 Å². The first-order valence-electron chi connectivity index (χ1n) is 7.18. The normalized spacial score (nSPS) is 16.6. The van der Waals surface area contributed by atoms with Crippen molar-refractivity contribution in [2.24, 2.45) is 11.1 Å². The summed E-state index contributed by atoms with van der Waals surface area (Å²) in [5.41, 5.74) is 11.0. The average Bonchev–Trinajstić information content (AvgIpc) is 2.55. The van der Waals surface area contributed by atoms with Gasteiger partial charge in [0.25, 0.3) is 5.91 Å². The topological polar surface area (TPSA) is 117 Å². The van der Waals surface area contributed by atoms with Gasteiger partial charge >= 0.3 is 0 Å². The van der Waals surface area contributed by atoms with E-state index in [1.165, 1.54) is 19.2 Å². The summed E-state index contributed by atoms with van der Waals surface area (Å²) in [6.45, 7) is 1.02. The second-order valence-electron chi connectivity index (χ2n) is 5.51. The molecular weight excluding hydrogens is 322 g/mol. The number of methoxy groups -OCH3 is 1. The van der Waals surface area contributed by atoms with Gasteiger partial charge in [-0.1, -0.05) is 11.6 Å². The molecule has 2 amide bonds. The van der Waals surface area contributed by atoms with Crippen molar-refractivity contribution >= 4 is 29.1 Å². The van der Waals surface area contributed by atoms with Gasteiger partial charge in [0.15, 0.2) is 0 Å². The van der Waals surface area contributed by atoms with E-state index in [0.29, 0.717) is 37.5 Å². The van der Waals surface area contributed by atoms with Gasteiger partial charge in [0, 0.05) is 25.8 Å². The summed E-state index contributed by atoms with van der Waals surface area (Å²) in [6.07, 6.45) is 0.949. The first-order valence-corrected chi connectivity index (χ1v) is 7.56. The van der Waals surface area contributed by atoms with E-state index >= 15 is 0 Å². The molecule has 8 heteroatoms. The summed E-state index contributed by atoms with van der Waals surface area (Å²) < 4.78 is 10.4. The minimum absolute atomic E-state index is 0.135. The second-order valence-corrected chi connectivity index (χ2v) is 5.92. The Balaban J connectivity index is 2.15. The molecule has 5 N–H and O–H groups in total. The van der Waals surface area contributed by atoms with Gasteiger partial charge in [-0.05, 0) is 18.9 Å². The van der Waals surface area contributed by atoms with E-state index in [-0.39, 0.29) is 17.1 Å². The average molecular weight is 342 g/mol. The van der Waals surface area contributed by atoms with Crippen LogP contribution in [0.1, 0.15) is 23.2 Å². The summed E-state index contributed by atoms with van der Waals surface area (Å²) in [5, 5.41) is 2.99. The fraction of sp³-hybridized carbons (Fsp3) is 0.467. The van der Waals surface area contributed by atoms with Crippen molar-refractivity contribution in [3.05, 3.63) is 22.7 Å². The number of amides is 2. The molecule has 0 atom stereocenters. The second kappa shape index (κ2) is 7.06. The van der Waals surface area contributed by atoms with Gasteiger partial charge in [0.2, 0.25) is 5.91 Å². The van der Waals surface area contributed by atoms with Crippen LogP contribution in [0.3, 0.4) is 0 Å². The summed E-state index contributed by atoms with van der Waals surface area (Å²) in [7, 11) is 1.43. The Morgan fingerprint density at radius 1 is 1.39 bits per heavy atom. The molecular formula is C15H20ClN3O4. The number of hydrogen-bond acceptors (Lipinski definition) is 5. The quantitative estimate of drug-likeness (QED) is 0.689. The van der Waals surface area contributed by atoms with Crippen LogP contribution in [-0.2, 0) is 9.53 Å². The van der Waals surface area contributed by atoms with E-state index < -0.39 is 17.2 Å². The fourth-order valence-electron chi connectivity index (χ4n) is 2.53. The van der Waals surface area contributed by atoms with Crippen LogP contribution < -0.4 is 21.5 Å². The van der Waals surface area contributed by atoms with Crippen LogP contribution in [-0.4, -0.2) is 38.7 Å². The summed E-state index contributed by atoms with van der Waals surface area (Å²) >= 11 is 5.96. The fourth-order valence-corrected chi connectivity index (χ4v) is 2.70. The number of halogens is 1. The van der Waals surface area contributed by atoms with Crippen molar-refractivity contribution < 1.29 is 19.1 Å². The van der Waals surface area contributed by atoms with Crippen LogP contribution >= 0.6 is 11.6 Å². The lowest BCUT2D eigenvalue weighted by Gasteiger charge is -2.34. The van der Waals surface area contributed by atoms with Gasteiger partial charge in [-0.3, -0.25) is 9.59 Å². The maximum Gasteiger partial charge on any atom is 0.255 e. The SMILES string of the molecule is COc1cc(N)c(Cl)cc1C(=O)NCC1(C(N)=O)CCOCC1. The predicted octanol–water partition coefficient (Wildman–Crippen LogP) is 0.943. The molecule has 126 valence electrons. The maximum absolute atomic E-state index is 12.4. The number of nitrogen functional groups attached to an aromatic ring is 1. The lowest BCUT2D eigenvalue weighted by atomic mass is 9.79. The Hall–Kier alpha value is -1.99. The molecule has 0 radical (unpaired) electrons. The van der Waals surface area contributed by atoms with Crippen LogP contribution in [0.4, 0.5) is 5.69 Å². The highest BCUT2D eigenvalue weighted by Crippen LogP contribution is 2.31. The van der Waals surface area contributed by atoms with Crippen molar-refractivity contribution in [1.29, 1.82) is 0 Å². The molecule has 1 aliphatic heterocycles.